The van der Waals surface area contributed by atoms with E-state index in [1.54, 1.807) is 24.3 Å². The highest BCUT2D eigenvalue weighted by Gasteiger charge is 1.88. The Kier molecular flexibility index (Phi) is 3.81. The Morgan fingerprint density at radius 1 is 1.43 bits per heavy atom. The molecule has 0 atom stereocenters. The maximum atomic E-state index is 10.3. The summed E-state index contributed by atoms with van der Waals surface area (Å²) >= 11 is 0. The molecule has 0 amide bonds. The Morgan fingerprint density at radius 2 is 2.14 bits per heavy atom. The Balaban J connectivity index is 2.71. The molecule has 0 radical (unpaired) electrons. The normalized spacial score (nSPS) is 8.00. The number of carbonyl (C=O) groups is 1. The van der Waals surface area contributed by atoms with Crippen LogP contribution >= 0.6 is 0 Å². The second-order valence-electron chi connectivity index (χ2n) is 2.43. The number of benzene rings is 1. The molecule has 0 aliphatic carbocycles. The third kappa shape index (κ3) is 3.02. The first-order chi connectivity index (χ1) is 6.86. The zero-order valence-corrected chi connectivity index (χ0v) is 7.34. The van der Waals surface area contributed by atoms with Crippen molar-refractivity contribution in [3.05, 3.63) is 45.8 Å². The van der Waals surface area contributed by atoms with E-state index in [2.05, 4.69) is 21.9 Å². The second-order valence-corrected chi connectivity index (χ2v) is 2.43. The lowest BCUT2D eigenvalue weighted by Crippen LogP contribution is -1.80. The Labute approximate surface area is 81.2 Å². The highest BCUT2D eigenvalue weighted by Crippen LogP contribution is 2.00. The summed E-state index contributed by atoms with van der Waals surface area (Å²) in [7, 11) is 0. The van der Waals surface area contributed by atoms with Gasteiger partial charge in [0.15, 0.2) is 0 Å². The van der Waals surface area contributed by atoms with Crippen molar-refractivity contribution in [1.29, 1.82) is 0 Å². The summed E-state index contributed by atoms with van der Waals surface area (Å²) in [6, 6.07) is 6.86. The van der Waals surface area contributed by atoms with Gasteiger partial charge >= 0.3 is 0 Å². The first-order valence-corrected chi connectivity index (χ1v) is 3.92. The highest BCUT2D eigenvalue weighted by atomic mass is 16.1. The van der Waals surface area contributed by atoms with Crippen LogP contribution in [0.3, 0.4) is 0 Å². The number of azide groups is 1. The number of hydrogen-bond donors (Lipinski definition) is 0. The van der Waals surface area contributed by atoms with Crippen LogP contribution < -0.4 is 0 Å². The molecule has 0 fully saturated rings. The molecule has 68 valence electrons. The molecule has 14 heavy (non-hydrogen) atoms. The van der Waals surface area contributed by atoms with Crippen molar-refractivity contribution in [2.45, 2.75) is 0 Å². The van der Waals surface area contributed by atoms with E-state index >= 15 is 0 Å². The monoisotopic (exact) mass is 185 g/mol. The van der Waals surface area contributed by atoms with Crippen molar-refractivity contribution in [3.8, 4) is 11.8 Å². The van der Waals surface area contributed by atoms with Gasteiger partial charge in [0.2, 0.25) is 0 Å². The summed E-state index contributed by atoms with van der Waals surface area (Å²) in [4.78, 5) is 12.9. The molecule has 4 heteroatoms. The van der Waals surface area contributed by atoms with Crippen molar-refractivity contribution in [2.24, 2.45) is 5.11 Å². The molecule has 0 aliphatic rings. The number of hydrogen-bond acceptors (Lipinski definition) is 2. The van der Waals surface area contributed by atoms with Crippen LogP contribution in [0.25, 0.3) is 10.4 Å². The molecule has 0 spiro atoms. The van der Waals surface area contributed by atoms with E-state index in [4.69, 9.17) is 5.53 Å². The minimum atomic E-state index is 0.159. The summed E-state index contributed by atoms with van der Waals surface area (Å²) in [6.45, 7) is 0.159. The summed E-state index contributed by atoms with van der Waals surface area (Å²) in [5, 5.41) is 3.27. The number of nitrogens with zero attached hydrogens (tertiary/aromatic N) is 3. The maximum Gasteiger partial charge on any atom is 0.150 e. The van der Waals surface area contributed by atoms with Crippen LogP contribution in [0.1, 0.15) is 15.9 Å². The van der Waals surface area contributed by atoms with Crippen molar-refractivity contribution < 1.29 is 4.79 Å². The molecule has 0 saturated heterocycles. The predicted octanol–water partition coefficient (Wildman–Crippen LogP) is 2.16. The first-order valence-electron chi connectivity index (χ1n) is 3.92. The van der Waals surface area contributed by atoms with Crippen molar-refractivity contribution in [3.63, 3.8) is 0 Å². The van der Waals surface area contributed by atoms with Crippen LogP contribution in [0.4, 0.5) is 0 Å². The molecule has 1 rings (SSSR count). The Morgan fingerprint density at radius 3 is 2.71 bits per heavy atom. The summed E-state index contributed by atoms with van der Waals surface area (Å²) in [5.41, 5.74) is 9.39. The fourth-order valence-electron chi connectivity index (χ4n) is 0.854. The van der Waals surface area contributed by atoms with Gasteiger partial charge in [-0.05, 0) is 17.7 Å². The molecule has 0 N–H and O–H groups in total. The van der Waals surface area contributed by atoms with Crippen LogP contribution in [-0.2, 0) is 0 Å². The first kappa shape index (κ1) is 9.85. The van der Waals surface area contributed by atoms with E-state index in [0.717, 1.165) is 11.8 Å². The molecule has 4 nitrogen and oxygen atoms in total. The van der Waals surface area contributed by atoms with Gasteiger partial charge in [0.25, 0.3) is 0 Å². The van der Waals surface area contributed by atoms with Crippen molar-refractivity contribution in [1.82, 2.24) is 0 Å². The van der Waals surface area contributed by atoms with Crippen molar-refractivity contribution in [2.75, 3.05) is 6.54 Å². The van der Waals surface area contributed by atoms with Crippen LogP contribution in [-0.4, -0.2) is 12.8 Å². The number of rotatable bonds is 2. The van der Waals surface area contributed by atoms with E-state index in [9.17, 15) is 4.79 Å². The largest absolute Gasteiger partial charge is 0.298 e. The lowest BCUT2D eigenvalue weighted by atomic mass is 10.1. The minimum Gasteiger partial charge on any atom is -0.298 e. The SMILES string of the molecule is [N-]=[N+]=NCC#Cc1ccc(C=O)cc1. The second kappa shape index (κ2) is 5.41. The van der Waals surface area contributed by atoms with Crippen LogP contribution in [0.15, 0.2) is 29.4 Å². The van der Waals surface area contributed by atoms with Gasteiger partial charge in [-0.3, -0.25) is 4.79 Å². The minimum absolute atomic E-state index is 0.159. The van der Waals surface area contributed by atoms with Gasteiger partial charge in [0, 0.05) is 16.0 Å². The lowest BCUT2D eigenvalue weighted by Gasteiger charge is -1.89. The lowest BCUT2D eigenvalue weighted by molar-refractivity contribution is 0.112. The summed E-state index contributed by atoms with van der Waals surface area (Å²) < 4.78 is 0. The van der Waals surface area contributed by atoms with Crippen LogP contribution in [0.5, 0.6) is 0 Å². The standard InChI is InChI=1S/C10H7N3O/c11-13-12-7-1-2-9-3-5-10(8-14)6-4-9/h3-6,8H,7H2. The third-order valence-electron chi connectivity index (χ3n) is 1.49. The van der Waals surface area contributed by atoms with Gasteiger partial charge < -0.3 is 0 Å². The molecular weight excluding hydrogens is 178 g/mol. The van der Waals surface area contributed by atoms with Gasteiger partial charge in [-0.15, -0.1) is 0 Å². The zero-order valence-electron chi connectivity index (χ0n) is 7.34. The fraction of sp³-hybridized carbons (Fsp3) is 0.100. The molecule has 1 aromatic rings. The van der Waals surface area contributed by atoms with E-state index < -0.39 is 0 Å². The van der Waals surface area contributed by atoms with E-state index in [0.29, 0.717) is 5.56 Å². The molecule has 0 saturated carbocycles. The molecular formula is C10H7N3O. The maximum absolute atomic E-state index is 10.3. The van der Waals surface area contributed by atoms with Crippen LogP contribution in [0, 0.1) is 11.8 Å². The van der Waals surface area contributed by atoms with Gasteiger partial charge in [0.1, 0.15) is 6.29 Å². The van der Waals surface area contributed by atoms with Gasteiger partial charge in [-0.25, -0.2) is 0 Å². The zero-order chi connectivity index (χ0) is 10.2. The molecule has 0 bridgehead atoms. The molecule has 0 heterocycles. The molecule has 0 unspecified atom stereocenters. The fourth-order valence-corrected chi connectivity index (χ4v) is 0.854. The van der Waals surface area contributed by atoms with Gasteiger partial charge in [-0.2, -0.15) is 0 Å². The highest BCUT2D eigenvalue weighted by molar-refractivity contribution is 5.74. The third-order valence-corrected chi connectivity index (χ3v) is 1.49. The van der Waals surface area contributed by atoms with E-state index in [-0.39, 0.29) is 6.54 Å². The Hall–Kier alpha value is -2.24. The smallest absolute Gasteiger partial charge is 0.150 e. The Bertz CT molecular complexity index is 419. The van der Waals surface area contributed by atoms with Crippen LogP contribution in [0.2, 0.25) is 0 Å². The van der Waals surface area contributed by atoms with Gasteiger partial charge in [0.05, 0.1) is 6.54 Å². The number of carbonyl (C=O) groups excluding carboxylic acids is 1. The van der Waals surface area contributed by atoms with E-state index in [1.165, 1.54) is 0 Å². The predicted molar refractivity (Wildman–Crippen MR) is 52.7 cm³/mol. The van der Waals surface area contributed by atoms with Gasteiger partial charge in [-0.1, -0.05) is 29.1 Å². The average Bonchev–Trinajstić information content (AvgIpc) is 2.25. The molecule has 1 aromatic carbocycles. The average molecular weight is 185 g/mol. The van der Waals surface area contributed by atoms with E-state index in [1.807, 2.05) is 0 Å². The quantitative estimate of drug-likeness (QED) is 0.229. The molecule has 0 aliphatic heterocycles. The number of aldehydes is 1. The van der Waals surface area contributed by atoms with Crippen molar-refractivity contribution >= 4 is 6.29 Å². The topological polar surface area (TPSA) is 65.8 Å². The summed E-state index contributed by atoms with van der Waals surface area (Å²) in [5.74, 6) is 5.48. The summed E-state index contributed by atoms with van der Waals surface area (Å²) in [6.07, 6.45) is 0.775. The molecule has 0 aromatic heterocycles.